The number of hydrogen-bond acceptors (Lipinski definition) is 6. The van der Waals surface area contributed by atoms with Crippen molar-refractivity contribution in [3.8, 4) is 17.1 Å². The number of carbonyl (C=O) groups excluding carboxylic acids is 1. The lowest BCUT2D eigenvalue weighted by Crippen LogP contribution is -2.20. The largest absolute Gasteiger partial charge is 0.483 e. The molecule has 1 amide bonds. The molecule has 4 rings (SSSR count). The van der Waals surface area contributed by atoms with Crippen LogP contribution < -0.4 is 10.1 Å². The van der Waals surface area contributed by atoms with Crippen molar-refractivity contribution >= 4 is 27.3 Å². The molecule has 0 saturated heterocycles. The summed E-state index contributed by atoms with van der Waals surface area (Å²) in [6.45, 7) is 3.89. The Morgan fingerprint density at radius 1 is 1.11 bits per heavy atom. The molecule has 0 spiro atoms. The van der Waals surface area contributed by atoms with Gasteiger partial charge in [-0.3, -0.25) is 10.1 Å². The maximum atomic E-state index is 12.2. The number of aryl methyl sites for hydroxylation is 1. The number of carbonyl (C=O) groups is 1. The van der Waals surface area contributed by atoms with E-state index in [0.29, 0.717) is 21.7 Å². The van der Waals surface area contributed by atoms with E-state index in [4.69, 9.17) is 4.74 Å². The van der Waals surface area contributed by atoms with Gasteiger partial charge < -0.3 is 4.74 Å². The molecule has 4 aromatic rings. The van der Waals surface area contributed by atoms with E-state index in [1.807, 2.05) is 62.4 Å². The van der Waals surface area contributed by atoms with Gasteiger partial charge in [0.25, 0.3) is 5.91 Å². The summed E-state index contributed by atoms with van der Waals surface area (Å²) in [5, 5.41) is 15.9. The van der Waals surface area contributed by atoms with Gasteiger partial charge in [0.15, 0.2) is 12.4 Å². The molecule has 0 aliphatic rings. The van der Waals surface area contributed by atoms with Crippen LogP contribution in [-0.2, 0) is 4.79 Å². The molecule has 27 heavy (non-hydrogen) atoms. The van der Waals surface area contributed by atoms with E-state index in [0.717, 1.165) is 16.7 Å². The van der Waals surface area contributed by atoms with Crippen molar-refractivity contribution in [3.05, 3.63) is 59.7 Å². The van der Waals surface area contributed by atoms with Gasteiger partial charge in [0.1, 0.15) is 5.75 Å². The monoisotopic (exact) mass is 379 g/mol. The zero-order valence-corrected chi connectivity index (χ0v) is 15.7. The summed E-state index contributed by atoms with van der Waals surface area (Å²) in [7, 11) is 0. The highest BCUT2D eigenvalue weighted by Crippen LogP contribution is 2.24. The van der Waals surface area contributed by atoms with Gasteiger partial charge in [-0.1, -0.05) is 53.8 Å². The Hall–Kier alpha value is -3.26. The molecule has 2 aromatic carbocycles. The van der Waals surface area contributed by atoms with Crippen LogP contribution in [0.1, 0.15) is 11.1 Å². The number of hydrogen-bond donors (Lipinski definition) is 1. The minimum atomic E-state index is -0.276. The smallest absolute Gasteiger partial charge is 0.264 e. The lowest BCUT2D eigenvalue weighted by atomic mass is 10.1. The molecule has 0 unspecified atom stereocenters. The van der Waals surface area contributed by atoms with Crippen LogP contribution in [0.3, 0.4) is 0 Å². The summed E-state index contributed by atoms with van der Waals surface area (Å²) in [5.74, 6) is 1.06. The van der Waals surface area contributed by atoms with Gasteiger partial charge in [-0.05, 0) is 31.0 Å². The highest BCUT2D eigenvalue weighted by molar-refractivity contribution is 7.20. The first-order valence-corrected chi connectivity index (χ1v) is 9.20. The standard InChI is InChI=1S/C19H17N5O2S/c1-12-7-6-10-15(13(12)2)26-11-16(25)20-18-23-24-17(21-22-19(24)27-18)14-8-4-3-5-9-14/h3-10H,11H2,1-2H3,(H,20,23,25). The van der Waals surface area contributed by atoms with Crippen molar-refractivity contribution in [2.24, 2.45) is 0 Å². The molecule has 0 aliphatic heterocycles. The van der Waals surface area contributed by atoms with Gasteiger partial charge in [0, 0.05) is 5.56 Å². The summed E-state index contributed by atoms with van der Waals surface area (Å²) in [6.07, 6.45) is 0. The molecule has 7 nitrogen and oxygen atoms in total. The SMILES string of the molecule is Cc1cccc(OCC(=O)Nc2nn3c(-c4ccccc4)nnc3s2)c1C. The Morgan fingerprint density at radius 2 is 1.93 bits per heavy atom. The van der Waals surface area contributed by atoms with E-state index >= 15 is 0 Å². The van der Waals surface area contributed by atoms with E-state index < -0.39 is 0 Å². The number of nitrogens with zero attached hydrogens (tertiary/aromatic N) is 4. The second kappa shape index (κ2) is 7.16. The summed E-state index contributed by atoms with van der Waals surface area (Å²) in [5.41, 5.74) is 3.05. The van der Waals surface area contributed by atoms with Crippen LogP contribution in [0.5, 0.6) is 5.75 Å². The lowest BCUT2D eigenvalue weighted by Gasteiger charge is -2.10. The van der Waals surface area contributed by atoms with Crippen molar-refractivity contribution in [2.45, 2.75) is 13.8 Å². The summed E-state index contributed by atoms with van der Waals surface area (Å²) in [6, 6.07) is 15.4. The average molecular weight is 379 g/mol. The summed E-state index contributed by atoms with van der Waals surface area (Å²) >= 11 is 1.26. The number of fused-ring (bicyclic) bond motifs is 1. The fourth-order valence-corrected chi connectivity index (χ4v) is 3.37. The van der Waals surface area contributed by atoms with Gasteiger partial charge in [0.05, 0.1) is 0 Å². The predicted molar refractivity (Wildman–Crippen MR) is 104 cm³/mol. The van der Waals surface area contributed by atoms with Crippen molar-refractivity contribution in [2.75, 3.05) is 11.9 Å². The number of aromatic nitrogens is 4. The van der Waals surface area contributed by atoms with Crippen molar-refractivity contribution in [3.63, 3.8) is 0 Å². The Kier molecular flexibility index (Phi) is 4.55. The van der Waals surface area contributed by atoms with Gasteiger partial charge >= 0.3 is 0 Å². The highest BCUT2D eigenvalue weighted by Gasteiger charge is 2.15. The predicted octanol–water partition coefficient (Wildman–Crippen LogP) is 3.49. The first-order valence-electron chi connectivity index (χ1n) is 8.38. The van der Waals surface area contributed by atoms with Crippen molar-refractivity contribution in [1.29, 1.82) is 0 Å². The van der Waals surface area contributed by atoms with Gasteiger partial charge in [-0.25, -0.2) is 0 Å². The zero-order chi connectivity index (χ0) is 18.8. The topological polar surface area (TPSA) is 81.4 Å². The number of anilines is 1. The van der Waals surface area contributed by atoms with Crippen molar-refractivity contribution in [1.82, 2.24) is 19.8 Å². The minimum Gasteiger partial charge on any atom is -0.483 e. The maximum Gasteiger partial charge on any atom is 0.264 e. The van der Waals surface area contributed by atoms with Crippen LogP contribution >= 0.6 is 11.3 Å². The first kappa shape index (κ1) is 17.2. The quantitative estimate of drug-likeness (QED) is 0.574. The van der Waals surface area contributed by atoms with Crippen LogP contribution in [0.4, 0.5) is 5.13 Å². The molecule has 136 valence electrons. The highest BCUT2D eigenvalue weighted by atomic mass is 32.1. The number of amides is 1. The molecular formula is C19H17N5O2S. The number of benzene rings is 2. The van der Waals surface area contributed by atoms with Crippen LogP contribution in [0.15, 0.2) is 48.5 Å². The molecule has 1 N–H and O–H groups in total. The molecule has 0 atom stereocenters. The van der Waals surface area contributed by atoms with Crippen LogP contribution in [0.25, 0.3) is 16.3 Å². The Labute approximate surface area is 159 Å². The van der Waals surface area contributed by atoms with Gasteiger partial charge in [0.2, 0.25) is 10.1 Å². The molecule has 2 aromatic heterocycles. The molecule has 2 heterocycles. The fourth-order valence-electron chi connectivity index (χ4n) is 2.61. The molecular weight excluding hydrogens is 362 g/mol. The Bertz CT molecular complexity index is 1100. The second-order valence-electron chi connectivity index (χ2n) is 6.03. The van der Waals surface area contributed by atoms with Gasteiger partial charge in [-0.2, -0.15) is 4.52 Å². The van der Waals surface area contributed by atoms with E-state index in [-0.39, 0.29) is 12.5 Å². The Balaban J connectivity index is 1.46. The summed E-state index contributed by atoms with van der Waals surface area (Å²) in [4.78, 5) is 12.8. The third-order valence-electron chi connectivity index (χ3n) is 4.18. The fraction of sp³-hybridized carbons (Fsp3) is 0.158. The van der Waals surface area contributed by atoms with Gasteiger partial charge in [-0.15, -0.1) is 15.3 Å². The third-order valence-corrected chi connectivity index (χ3v) is 5.00. The zero-order valence-electron chi connectivity index (χ0n) is 14.8. The van der Waals surface area contributed by atoms with Crippen molar-refractivity contribution < 1.29 is 9.53 Å². The van der Waals surface area contributed by atoms with E-state index in [2.05, 4.69) is 20.6 Å². The Morgan fingerprint density at radius 3 is 2.74 bits per heavy atom. The molecule has 0 saturated carbocycles. The molecule has 0 fully saturated rings. The molecule has 8 heteroatoms. The normalized spacial score (nSPS) is 10.9. The number of ether oxygens (including phenoxy) is 1. The van der Waals surface area contributed by atoms with E-state index in [1.54, 1.807) is 4.52 Å². The molecule has 0 bridgehead atoms. The molecule has 0 radical (unpaired) electrons. The second-order valence-corrected chi connectivity index (χ2v) is 6.98. The first-order chi connectivity index (χ1) is 13.1. The number of rotatable bonds is 5. The number of nitrogens with one attached hydrogen (secondary N) is 1. The summed E-state index contributed by atoms with van der Waals surface area (Å²) < 4.78 is 7.26. The third kappa shape index (κ3) is 3.52. The maximum absolute atomic E-state index is 12.2. The van der Waals surface area contributed by atoms with Crippen LogP contribution in [0.2, 0.25) is 0 Å². The minimum absolute atomic E-state index is 0.0873. The average Bonchev–Trinajstić information content (AvgIpc) is 3.23. The van der Waals surface area contributed by atoms with E-state index in [9.17, 15) is 4.79 Å². The van der Waals surface area contributed by atoms with Crippen LogP contribution in [0, 0.1) is 13.8 Å². The van der Waals surface area contributed by atoms with E-state index in [1.165, 1.54) is 11.3 Å². The van der Waals surface area contributed by atoms with Crippen LogP contribution in [-0.4, -0.2) is 32.3 Å². The lowest BCUT2D eigenvalue weighted by molar-refractivity contribution is -0.118. The molecule has 0 aliphatic carbocycles.